The van der Waals surface area contributed by atoms with Gasteiger partial charge in [0.25, 0.3) is 0 Å². The second-order valence-corrected chi connectivity index (χ2v) is 11.3. The molecular formula is C26H28N6O4S. The number of nitrogens with two attached hydrogens (primary N) is 1. The van der Waals surface area contributed by atoms with Gasteiger partial charge in [-0.1, -0.05) is 78.9 Å². The number of hydrogen-bond acceptors (Lipinski definition) is 8. The fraction of sp³-hybridized carbons (Fsp3) is 0.231. The Morgan fingerprint density at radius 2 is 1.65 bits per heavy atom. The normalized spacial score (nSPS) is 12.8. The van der Waals surface area contributed by atoms with Crippen LogP contribution in [0.15, 0.2) is 78.9 Å². The summed E-state index contributed by atoms with van der Waals surface area (Å²) in [6.45, 7) is 2.78. The van der Waals surface area contributed by atoms with Crippen LogP contribution in [-0.2, 0) is 21.4 Å². The Kier molecular flexibility index (Phi) is 7.89. The molecule has 0 radical (unpaired) electrons. The number of benzene rings is 3. The van der Waals surface area contributed by atoms with Gasteiger partial charge in [0.2, 0.25) is 10.0 Å². The van der Waals surface area contributed by atoms with Gasteiger partial charge in [-0.05, 0) is 41.0 Å². The molecule has 1 heterocycles. The lowest BCUT2D eigenvalue weighted by atomic mass is 9.96. The number of ether oxygens (including phenoxy) is 1. The number of rotatable bonds is 11. The Morgan fingerprint density at radius 1 is 1.00 bits per heavy atom. The van der Waals surface area contributed by atoms with E-state index in [0.29, 0.717) is 11.4 Å². The summed E-state index contributed by atoms with van der Waals surface area (Å²) in [6.07, 6.45) is 0. The number of aromatic amines is 1. The number of Topliss-reactive ketones (excluding diaryl/α,β-unsaturated/α-hetero) is 1. The highest BCUT2D eigenvalue weighted by atomic mass is 32.2. The van der Waals surface area contributed by atoms with Crippen molar-refractivity contribution in [3.63, 3.8) is 0 Å². The van der Waals surface area contributed by atoms with E-state index in [0.717, 1.165) is 22.3 Å². The highest BCUT2D eigenvalue weighted by Crippen LogP contribution is 2.30. The smallest absolute Gasteiger partial charge is 0.230 e. The quantitative estimate of drug-likeness (QED) is 0.255. The number of carbonyl (C=O) groups is 1. The Hall–Kier alpha value is -3.77. The largest absolute Gasteiger partial charge is 0.375 e. The van der Waals surface area contributed by atoms with Gasteiger partial charge in [-0.3, -0.25) is 4.79 Å². The molecule has 37 heavy (non-hydrogen) atoms. The summed E-state index contributed by atoms with van der Waals surface area (Å²) >= 11 is 0. The van der Waals surface area contributed by atoms with Crippen molar-refractivity contribution in [1.82, 2.24) is 25.3 Å². The van der Waals surface area contributed by atoms with Gasteiger partial charge in [-0.15, -0.1) is 5.10 Å². The second kappa shape index (κ2) is 11.1. The number of hydrogen-bond donors (Lipinski definition) is 3. The molecule has 1 unspecified atom stereocenters. The van der Waals surface area contributed by atoms with Crippen LogP contribution in [0.4, 0.5) is 0 Å². The number of tetrazole rings is 1. The summed E-state index contributed by atoms with van der Waals surface area (Å²) in [7, 11) is -4.02. The third kappa shape index (κ3) is 6.33. The Bertz CT molecular complexity index is 1430. The van der Waals surface area contributed by atoms with Crippen molar-refractivity contribution in [2.45, 2.75) is 31.4 Å². The first-order chi connectivity index (χ1) is 17.7. The van der Waals surface area contributed by atoms with Crippen molar-refractivity contribution < 1.29 is 17.9 Å². The summed E-state index contributed by atoms with van der Waals surface area (Å²) in [4.78, 5) is 11.8. The molecule has 0 aliphatic rings. The van der Waals surface area contributed by atoms with Gasteiger partial charge in [0.1, 0.15) is 10.9 Å². The summed E-state index contributed by atoms with van der Waals surface area (Å²) in [5, 5.41) is 14.0. The zero-order valence-electron chi connectivity index (χ0n) is 20.5. The lowest BCUT2D eigenvalue weighted by Gasteiger charge is -2.24. The summed E-state index contributed by atoms with van der Waals surface area (Å²) in [6, 6.07) is 22.7. The number of sulfonamides is 1. The molecule has 0 amide bonds. The number of aromatic nitrogens is 4. The van der Waals surface area contributed by atoms with Gasteiger partial charge in [0, 0.05) is 11.1 Å². The van der Waals surface area contributed by atoms with Crippen LogP contribution in [0.1, 0.15) is 29.8 Å². The van der Waals surface area contributed by atoms with Crippen LogP contribution in [0, 0.1) is 0 Å². The van der Waals surface area contributed by atoms with Crippen molar-refractivity contribution in [1.29, 1.82) is 0 Å². The molecule has 11 heteroatoms. The average molecular weight is 521 g/mol. The molecule has 0 saturated heterocycles. The van der Waals surface area contributed by atoms with E-state index in [9.17, 15) is 13.2 Å². The number of ketones is 1. The van der Waals surface area contributed by atoms with Gasteiger partial charge in [-0.25, -0.2) is 18.2 Å². The minimum Gasteiger partial charge on any atom is -0.375 e. The minimum absolute atomic E-state index is 0.161. The van der Waals surface area contributed by atoms with Crippen molar-refractivity contribution >= 4 is 15.8 Å². The number of nitrogens with zero attached hydrogens (tertiary/aromatic N) is 3. The van der Waals surface area contributed by atoms with E-state index in [2.05, 4.69) is 25.3 Å². The van der Waals surface area contributed by atoms with Crippen molar-refractivity contribution in [2.24, 2.45) is 5.73 Å². The van der Waals surface area contributed by atoms with E-state index >= 15 is 0 Å². The average Bonchev–Trinajstić information content (AvgIpc) is 3.43. The maximum Gasteiger partial charge on any atom is 0.230 e. The fourth-order valence-corrected chi connectivity index (χ4v) is 4.45. The SMILES string of the molecule is CC(C)(N)S(=O)(=O)NC(COCc1ccccc1)C(=O)c1ccc(-c2ccccc2-c2nnn[nH]2)cc1. The third-order valence-corrected chi connectivity index (χ3v) is 7.69. The third-order valence-electron chi connectivity index (χ3n) is 5.71. The van der Waals surface area contributed by atoms with Crippen LogP contribution < -0.4 is 10.5 Å². The molecule has 3 aromatic carbocycles. The standard InChI is InChI=1S/C26H28N6O4S/c1-26(2,27)37(34,35)30-23(17-36-16-18-8-4-3-5-9-18)24(33)20-14-12-19(13-15-20)21-10-6-7-11-22(21)25-28-31-32-29-25/h3-15,23,30H,16-17,27H2,1-2H3,(H,28,29,31,32). The summed E-state index contributed by atoms with van der Waals surface area (Å²) in [5.74, 6) is 0.0883. The topological polar surface area (TPSA) is 153 Å². The monoisotopic (exact) mass is 520 g/mol. The molecule has 1 aromatic heterocycles. The molecule has 0 saturated carbocycles. The Morgan fingerprint density at radius 3 is 2.27 bits per heavy atom. The Balaban J connectivity index is 1.56. The van der Waals surface area contributed by atoms with E-state index in [1.165, 1.54) is 13.8 Å². The molecule has 1 atom stereocenters. The molecule has 192 valence electrons. The minimum atomic E-state index is -4.02. The molecule has 4 rings (SSSR count). The van der Waals surface area contributed by atoms with E-state index in [-0.39, 0.29) is 13.2 Å². The fourth-order valence-electron chi connectivity index (χ4n) is 3.60. The van der Waals surface area contributed by atoms with Crippen molar-refractivity contribution in [3.05, 3.63) is 90.0 Å². The van der Waals surface area contributed by atoms with Crippen molar-refractivity contribution in [2.75, 3.05) is 6.61 Å². The van der Waals surface area contributed by atoms with Crippen molar-refractivity contribution in [3.8, 4) is 22.5 Å². The molecule has 10 nitrogen and oxygen atoms in total. The van der Waals surface area contributed by atoms with Crippen LogP contribution in [0.2, 0.25) is 0 Å². The van der Waals surface area contributed by atoms with E-state index in [1.807, 2.05) is 54.6 Å². The van der Waals surface area contributed by atoms with Crippen LogP contribution in [0.5, 0.6) is 0 Å². The molecular weight excluding hydrogens is 492 g/mol. The van der Waals surface area contributed by atoms with Crippen LogP contribution >= 0.6 is 0 Å². The van der Waals surface area contributed by atoms with Gasteiger partial charge < -0.3 is 10.5 Å². The summed E-state index contributed by atoms with van der Waals surface area (Å²) < 4.78 is 33.7. The maximum atomic E-state index is 13.4. The highest BCUT2D eigenvalue weighted by molar-refractivity contribution is 7.90. The molecule has 0 aliphatic carbocycles. The van der Waals surface area contributed by atoms with Gasteiger partial charge in [0.15, 0.2) is 11.6 Å². The number of H-pyrrole nitrogens is 1. The summed E-state index contributed by atoms with van der Waals surface area (Å²) in [5.41, 5.74) is 9.58. The Labute approximate surface area is 215 Å². The van der Waals surface area contributed by atoms with Crippen LogP contribution in [0.25, 0.3) is 22.5 Å². The zero-order valence-corrected chi connectivity index (χ0v) is 21.3. The lowest BCUT2D eigenvalue weighted by molar-refractivity contribution is 0.0761. The molecule has 0 fully saturated rings. The van der Waals surface area contributed by atoms with Gasteiger partial charge in [-0.2, -0.15) is 0 Å². The van der Waals surface area contributed by atoms with Gasteiger partial charge in [0.05, 0.1) is 13.2 Å². The van der Waals surface area contributed by atoms with E-state index < -0.39 is 26.7 Å². The van der Waals surface area contributed by atoms with Crippen LogP contribution in [0.3, 0.4) is 0 Å². The first-order valence-electron chi connectivity index (χ1n) is 11.6. The zero-order chi connectivity index (χ0) is 26.5. The highest BCUT2D eigenvalue weighted by Gasteiger charge is 2.34. The predicted molar refractivity (Wildman–Crippen MR) is 140 cm³/mol. The van der Waals surface area contributed by atoms with Crippen LogP contribution in [-0.4, -0.2) is 52.3 Å². The maximum absolute atomic E-state index is 13.4. The first kappa shape index (κ1) is 26.3. The second-order valence-electron chi connectivity index (χ2n) is 9.02. The molecule has 0 aliphatic heterocycles. The lowest BCUT2D eigenvalue weighted by Crippen LogP contribution is -2.54. The van der Waals surface area contributed by atoms with E-state index in [1.54, 1.807) is 24.3 Å². The molecule has 4 N–H and O–H groups in total. The van der Waals surface area contributed by atoms with Gasteiger partial charge >= 0.3 is 0 Å². The first-order valence-corrected chi connectivity index (χ1v) is 13.0. The number of carbonyl (C=O) groups excluding carboxylic acids is 1. The van der Waals surface area contributed by atoms with E-state index in [4.69, 9.17) is 10.5 Å². The molecule has 4 aromatic rings. The predicted octanol–water partition coefficient (Wildman–Crippen LogP) is 2.92. The number of nitrogens with one attached hydrogen (secondary N) is 2. The molecule has 0 bridgehead atoms. The molecule has 0 spiro atoms.